The van der Waals surface area contributed by atoms with Crippen LogP contribution in [-0.4, -0.2) is 47.2 Å². The highest BCUT2D eigenvalue weighted by Gasteiger charge is 2.30. The number of aliphatic hydroxyl groups is 1. The van der Waals surface area contributed by atoms with E-state index in [4.69, 9.17) is 0 Å². The Kier molecular flexibility index (Phi) is 6.08. The van der Waals surface area contributed by atoms with E-state index in [0.29, 0.717) is 35.1 Å². The molecule has 0 spiro atoms. The van der Waals surface area contributed by atoms with Gasteiger partial charge < -0.3 is 15.4 Å². The van der Waals surface area contributed by atoms with Crippen LogP contribution in [0.25, 0.3) is 21.8 Å². The predicted molar refractivity (Wildman–Crippen MR) is 148 cm³/mol. The van der Waals surface area contributed by atoms with Gasteiger partial charge in [0.15, 0.2) is 5.82 Å². The number of anilines is 2. The molecule has 1 unspecified atom stereocenters. The van der Waals surface area contributed by atoms with E-state index in [2.05, 4.69) is 32.1 Å². The van der Waals surface area contributed by atoms with Crippen molar-refractivity contribution < 1.29 is 13.5 Å². The van der Waals surface area contributed by atoms with Crippen molar-refractivity contribution in [3.8, 4) is 11.8 Å². The fraction of sp³-hybridized carbons (Fsp3) is 0.172. The zero-order valence-corrected chi connectivity index (χ0v) is 21.2. The van der Waals surface area contributed by atoms with E-state index < -0.39 is 15.6 Å². The summed E-state index contributed by atoms with van der Waals surface area (Å²) in [5, 5.41) is 15.4. The average molecular weight is 524 g/mol. The molecule has 2 aromatic heterocycles. The summed E-state index contributed by atoms with van der Waals surface area (Å²) in [7, 11) is -4.05. The van der Waals surface area contributed by atoms with Crippen molar-refractivity contribution in [3.05, 3.63) is 90.9 Å². The van der Waals surface area contributed by atoms with Gasteiger partial charge in [-0.25, -0.2) is 22.7 Å². The molecule has 3 heterocycles. The fourth-order valence-electron chi connectivity index (χ4n) is 4.71. The van der Waals surface area contributed by atoms with E-state index in [-0.39, 0.29) is 10.7 Å². The number of sulfonamides is 1. The molecule has 1 aliphatic heterocycles. The molecule has 9 heteroatoms. The summed E-state index contributed by atoms with van der Waals surface area (Å²) < 4.78 is 29.5. The number of benzene rings is 3. The van der Waals surface area contributed by atoms with Gasteiger partial charge in [0.05, 0.1) is 16.1 Å². The lowest BCUT2D eigenvalue weighted by Gasteiger charge is -2.27. The van der Waals surface area contributed by atoms with Crippen LogP contribution in [0.1, 0.15) is 18.4 Å². The van der Waals surface area contributed by atoms with E-state index in [1.165, 1.54) is 10.6 Å². The zero-order chi connectivity index (χ0) is 26.2. The molecule has 3 aromatic carbocycles. The first-order valence-corrected chi connectivity index (χ1v) is 13.8. The monoisotopic (exact) mass is 523 g/mol. The number of β-amino-alcohol motifs (C(OH)–C–C–N with tert-alkyl or cyclic N) is 1. The van der Waals surface area contributed by atoms with Gasteiger partial charge in [-0.05, 0) is 74.0 Å². The topological polar surface area (TPSA) is 111 Å². The molecule has 0 saturated carbocycles. The Morgan fingerprint density at radius 1 is 1.00 bits per heavy atom. The largest absolute Gasteiger partial charge is 0.376 e. The third-order valence-electron chi connectivity index (χ3n) is 6.66. The van der Waals surface area contributed by atoms with Crippen molar-refractivity contribution >= 4 is 43.3 Å². The minimum Gasteiger partial charge on any atom is -0.376 e. The number of hydrogen-bond donors (Lipinski definition) is 3. The third kappa shape index (κ3) is 4.50. The number of piperidine rings is 1. The second kappa shape index (κ2) is 9.58. The maximum absolute atomic E-state index is 14.1. The van der Waals surface area contributed by atoms with Crippen LogP contribution in [0.4, 0.5) is 11.5 Å². The van der Waals surface area contributed by atoms with E-state index in [1.54, 1.807) is 48.5 Å². The molecule has 8 nitrogen and oxygen atoms in total. The highest BCUT2D eigenvalue weighted by molar-refractivity contribution is 7.93. The van der Waals surface area contributed by atoms with Crippen LogP contribution < -0.4 is 9.62 Å². The lowest BCUT2D eigenvalue weighted by Crippen LogP contribution is -2.44. The highest BCUT2D eigenvalue weighted by Crippen LogP contribution is 2.36. The molecule has 0 amide bonds. The molecule has 1 atom stereocenters. The standard InChI is InChI=1S/C29H25N5O3S/c35-29(13-4-15-30-19-29)14-11-21-7-9-27-25(17-21)28(33-20-32-27)34(38(36,37)24-5-2-1-3-6-24)23-8-10-26-22(18-23)12-16-31-26/h1-3,5-10,12,16-18,20,30-31,35H,4,13,15,19H2. The number of aromatic nitrogens is 3. The van der Waals surface area contributed by atoms with Gasteiger partial charge in [-0.2, -0.15) is 0 Å². The zero-order valence-electron chi connectivity index (χ0n) is 20.4. The maximum atomic E-state index is 14.1. The molecule has 5 aromatic rings. The summed E-state index contributed by atoms with van der Waals surface area (Å²) in [5.41, 5.74) is 1.45. The van der Waals surface area contributed by atoms with Crippen LogP contribution >= 0.6 is 0 Å². The second-order valence-electron chi connectivity index (χ2n) is 9.32. The molecule has 1 saturated heterocycles. The van der Waals surface area contributed by atoms with Gasteiger partial charge in [0.2, 0.25) is 0 Å². The lowest BCUT2D eigenvalue weighted by atomic mass is 9.94. The predicted octanol–water partition coefficient (Wildman–Crippen LogP) is 4.10. The first-order valence-electron chi connectivity index (χ1n) is 12.3. The molecule has 0 aliphatic carbocycles. The Labute approximate surface area is 220 Å². The van der Waals surface area contributed by atoms with E-state index in [9.17, 15) is 13.5 Å². The molecular weight excluding hydrogens is 498 g/mol. The van der Waals surface area contributed by atoms with Crippen LogP contribution in [0.3, 0.4) is 0 Å². The average Bonchev–Trinajstić information content (AvgIpc) is 3.41. The third-order valence-corrected chi connectivity index (χ3v) is 8.39. The summed E-state index contributed by atoms with van der Waals surface area (Å²) in [6.07, 6.45) is 4.62. The Morgan fingerprint density at radius 3 is 2.68 bits per heavy atom. The molecule has 1 aliphatic rings. The van der Waals surface area contributed by atoms with Crippen LogP contribution in [0.2, 0.25) is 0 Å². The first kappa shape index (κ1) is 24.1. The number of hydrogen-bond acceptors (Lipinski definition) is 6. The van der Waals surface area contributed by atoms with Crippen molar-refractivity contribution in [2.75, 3.05) is 17.4 Å². The minimum absolute atomic E-state index is 0.142. The van der Waals surface area contributed by atoms with Gasteiger partial charge in [-0.1, -0.05) is 30.0 Å². The maximum Gasteiger partial charge on any atom is 0.269 e. The quantitative estimate of drug-likeness (QED) is 0.306. The van der Waals surface area contributed by atoms with Crippen LogP contribution in [0.5, 0.6) is 0 Å². The van der Waals surface area contributed by atoms with Crippen LogP contribution in [0.15, 0.2) is 90.2 Å². The van der Waals surface area contributed by atoms with E-state index >= 15 is 0 Å². The molecule has 3 N–H and O–H groups in total. The van der Waals surface area contributed by atoms with Crippen LogP contribution in [0, 0.1) is 11.8 Å². The Bertz CT molecular complexity index is 1800. The van der Waals surface area contributed by atoms with Crippen molar-refractivity contribution in [3.63, 3.8) is 0 Å². The van der Waals surface area contributed by atoms with Crippen molar-refractivity contribution in [1.29, 1.82) is 0 Å². The smallest absolute Gasteiger partial charge is 0.269 e. The van der Waals surface area contributed by atoms with Gasteiger partial charge in [0, 0.05) is 34.6 Å². The fourth-order valence-corrected chi connectivity index (χ4v) is 6.18. The summed E-state index contributed by atoms with van der Waals surface area (Å²) in [6.45, 7) is 1.27. The van der Waals surface area contributed by atoms with Gasteiger partial charge in [-0.3, -0.25) is 0 Å². The lowest BCUT2D eigenvalue weighted by molar-refractivity contribution is 0.0736. The second-order valence-corrected chi connectivity index (χ2v) is 11.1. The van der Waals surface area contributed by atoms with Gasteiger partial charge >= 0.3 is 0 Å². The number of nitrogens with one attached hydrogen (secondary N) is 2. The molecule has 1 fully saturated rings. The normalized spacial score (nSPS) is 17.7. The Balaban J connectivity index is 1.53. The summed E-state index contributed by atoms with van der Waals surface area (Å²) in [6, 6.07) is 21.0. The van der Waals surface area contributed by atoms with Gasteiger partial charge in [-0.15, -0.1) is 0 Å². The Morgan fingerprint density at radius 2 is 1.87 bits per heavy atom. The number of rotatable bonds is 4. The van der Waals surface area contributed by atoms with E-state index in [0.717, 1.165) is 23.9 Å². The minimum atomic E-state index is -4.05. The summed E-state index contributed by atoms with van der Waals surface area (Å²) in [5.74, 6) is 6.29. The molecule has 0 bridgehead atoms. The van der Waals surface area contributed by atoms with E-state index in [1.807, 2.05) is 30.5 Å². The molecule has 6 rings (SSSR count). The summed E-state index contributed by atoms with van der Waals surface area (Å²) in [4.78, 5) is 12.1. The molecular formula is C29H25N5O3S. The number of nitrogens with zero attached hydrogens (tertiary/aromatic N) is 3. The number of H-pyrrole nitrogens is 1. The molecule has 190 valence electrons. The van der Waals surface area contributed by atoms with Crippen molar-refractivity contribution in [2.45, 2.75) is 23.3 Å². The van der Waals surface area contributed by atoms with Crippen LogP contribution in [-0.2, 0) is 10.0 Å². The SMILES string of the molecule is O=S(=O)(c1ccccc1)N(c1ccc2[nH]ccc2c1)c1ncnc2ccc(C#CC3(O)CCCNC3)cc12. The van der Waals surface area contributed by atoms with Crippen molar-refractivity contribution in [2.24, 2.45) is 0 Å². The number of aromatic amines is 1. The van der Waals surface area contributed by atoms with Crippen molar-refractivity contribution in [1.82, 2.24) is 20.3 Å². The van der Waals surface area contributed by atoms with Gasteiger partial charge in [0.1, 0.15) is 11.9 Å². The number of fused-ring (bicyclic) bond motifs is 2. The summed E-state index contributed by atoms with van der Waals surface area (Å²) >= 11 is 0. The highest BCUT2D eigenvalue weighted by atomic mass is 32.2. The Hall–Kier alpha value is -4.23. The first-order chi connectivity index (χ1) is 18.4. The van der Waals surface area contributed by atoms with Gasteiger partial charge in [0.25, 0.3) is 10.0 Å². The molecule has 0 radical (unpaired) electrons. The molecule has 38 heavy (non-hydrogen) atoms.